The van der Waals surface area contributed by atoms with E-state index in [1.807, 2.05) is 0 Å². The molecule has 3 heterocycles. The first-order chi connectivity index (χ1) is 10.7. The average molecular weight is 368 g/mol. The van der Waals surface area contributed by atoms with Gasteiger partial charge in [-0.1, -0.05) is 13.3 Å². The SMILES string of the molecule is CCCCC(=O)c1cc2nc(Br)nc(N3CCOCC3)c2o1. The number of carbonyl (C=O) groups excluding carboxylic acids is 1. The zero-order valence-electron chi connectivity index (χ0n) is 12.5. The number of furan rings is 1. The van der Waals surface area contributed by atoms with Crippen LogP contribution in [-0.4, -0.2) is 42.1 Å². The summed E-state index contributed by atoms with van der Waals surface area (Å²) >= 11 is 3.33. The van der Waals surface area contributed by atoms with Gasteiger partial charge in [0.2, 0.25) is 0 Å². The molecule has 118 valence electrons. The van der Waals surface area contributed by atoms with E-state index < -0.39 is 0 Å². The lowest BCUT2D eigenvalue weighted by Gasteiger charge is -2.27. The van der Waals surface area contributed by atoms with Crippen LogP contribution in [0.25, 0.3) is 11.1 Å². The molecule has 1 aliphatic rings. The lowest BCUT2D eigenvalue weighted by molar-refractivity contribution is 0.0955. The van der Waals surface area contributed by atoms with Gasteiger partial charge in [0, 0.05) is 25.6 Å². The van der Waals surface area contributed by atoms with Crippen LogP contribution in [0, 0.1) is 0 Å². The van der Waals surface area contributed by atoms with Gasteiger partial charge in [-0.05, 0) is 22.4 Å². The van der Waals surface area contributed by atoms with Gasteiger partial charge in [0.1, 0.15) is 5.52 Å². The van der Waals surface area contributed by atoms with E-state index in [9.17, 15) is 4.79 Å². The highest BCUT2D eigenvalue weighted by atomic mass is 79.9. The number of hydrogen-bond donors (Lipinski definition) is 0. The fourth-order valence-corrected chi connectivity index (χ4v) is 2.83. The molecule has 6 nitrogen and oxygen atoms in total. The van der Waals surface area contributed by atoms with Gasteiger partial charge in [0.25, 0.3) is 0 Å². The maximum atomic E-state index is 12.2. The molecule has 0 unspecified atom stereocenters. The molecule has 0 spiro atoms. The number of unbranched alkanes of at least 4 members (excludes halogenated alkanes) is 1. The molecule has 1 saturated heterocycles. The van der Waals surface area contributed by atoms with Crippen LogP contribution >= 0.6 is 15.9 Å². The zero-order valence-corrected chi connectivity index (χ0v) is 14.1. The minimum Gasteiger partial charge on any atom is -0.447 e. The number of rotatable bonds is 5. The zero-order chi connectivity index (χ0) is 15.5. The maximum Gasteiger partial charge on any atom is 0.199 e. The topological polar surface area (TPSA) is 68.5 Å². The smallest absolute Gasteiger partial charge is 0.199 e. The molecule has 0 saturated carbocycles. The number of anilines is 1. The Morgan fingerprint density at radius 3 is 2.86 bits per heavy atom. The van der Waals surface area contributed by atoms with E-state index in [4.69, 9.17) is 9.15 Å². The monoisotopic (exact) mass is 367 g/mol. The highest BCUT2D eigenvalue weighted by molar-refractivity contribution is 9.10. The van der Waals surface area contributed by atoms with Gasteiger partial charge in [-0.2, -0.15) is 0 Å². The van der Waals surface area contributed by atoms with Crippen molar-refractivity contribution in [2.75, 3.05) is 31.2 Å². The minimum absolute atomic E-state index is 0.0175. The van der Waals surface area contributed by atoms with Crippen LogP contribution in [0.2, 0.25) is 0 Å². The number of carbonyl (C=O) groups is 1. The van der Waals surface area contributed by atoms with Crippen LogP contribution < -0.4 is 4.90 Å². The van der Waals surface area contributed by atoms with Crippen molar-refractivity contribution in [3.63, 3.8) is 0 Å². The maximum absolute atomic E-state index is 12.2. The third-order valence-corrected chi connectivity index (χ3v) is 4.02. The molecule has 2 aromatic rings. The molecule has 0 amide bonds. The number of aromatic nitrogens is 2. The summed E-state index contributed by atoms with van der Waals surface area (Å²) in [6.45, 7) is 4.87. The Bertz CT molecular complexity index is 680. The molecule has 22 heavy (non-hydrogen) atoms. The van der Waals surface area contributed by atoms with Crippen molar-refractivity contribution in [1.29, 1.82) is 0 Å². The molecule has 1 aliphatic heterocycles. The number of Topliss-reactive ketones (excluding diaryl/α,β-unsaturated/α-hetero) is 1. The molecule has 0 aromatic carbocycles. The van der Waals surface area contributed by atoms with Crippen LogP contribution in [0.15, 0.2) is 15.2 Å². The van der Waals surface area contributed by atoms with Crippen LogP contribution in [0.5, 0.6) is 0 Å². The summed E-state index contributed by atoms with van der Waals surface area (Å²) in [6, 6.07) is 1.71. The molecule has 0 radical (unpaired) electrons. The third-order valence-electron chi connectivity index (χ3n) is 3.67. The summed E-state index contributed by atoms with van der Waals surface area (Å²) < 4.78 is 11.7. The second-order valence-corrected chi connectivity index (χ2v) is 5.98. The first-order valence-corrected chi connectivity index (χ1v) is 8.31. The number of ketones is 1. The number of nitrogens with zero attached hydrogens (tertiary/aromatic N) is 3. The van der Waals surface area contributed by atoms with Crippen LogP contribution in [0.3, 0.4) is 0 Å². The largest absolute Gasteiger partial charge is 0.447 e. The Morgan fingerprint density at radius 2 is 2.14 bits per heavy atom. The van der Waals surface area contributed by atoms with Gasteiger partial charge in [-0.3, -0.25) is 4.79 Å². The predicted molar refractivity (Wildman–Crippen MR) is 86.4 cm³/mol. The fourth-order valence-electron chi connectivity index (χ4n) is 2.47. The van der Waals surface area contributed by atoms with Crippen LogP contribution in [-0.2, 0) is 4.74 Å². The Balaban J connectivity index is 1.97. The third kappa shape index (κ3) is 3.15. The molecule has 0 N–H and O–H groups in total. The minimum atomic E-state index is 0.0175. The quantitative estimate of drug-likeness (QED) is 0.596. The van der Waals surface area contributed by atoms with Crippen molar-refractivity contribution in [3.8, 4) is 0 Å². The second-order valence-electron chi connectivity index (χ2n) is 5.27. The number of fused-ring (bicyclic) bond motifs is 1. The van der Waals surface area contributed by atoms with E-state index in [0.29, 0.717) is 41.2 Å². The predicted octanol–water partition coefficient (Wildman–Crippen LogP) is 3.19. The van der Waals surface area contributed by atoms with Gasteiger partial charge in [-0.25, -0.2) is 9.97 Å². The molecule has 0 bridgehead atoms. The van der Waals surface area contributed by atoms with E-state index in [-0.39, 0.29) is 5.78 Å². The average Bonchev–Trinajstić information content (AvgIpc) is 2.96. The molecule has 3 rings (SSSR count). The van der Waals surface area contributed by atoms with E-state index in [2.05, 4.69) is 37.7 Å². The Hall–Kier alpha value is -1.47. The second kappa shape index (κ2) is 6.75. The van der Waals surface area contributed by atoms with Gasteiger partial charge < -0.3 is 14.1 Å². The lowest BCUT2D eigenvalue weighted by Crippen LogP contribution is -2.36. The summed E-state index contributed by atoms with van der Waals surface area (Å²) in [7, 11) is 0. The van der Waals surface area contributed by atoms with E-state index in [0.717, 1.165) is 31.7 Å². The van der Waals surface area contributed by atoms with E-state index >= 15 is 0 Å². The van der Waals surface area contributed by atoms with E-state index in [1.165, 1.54) is 0 Å². The van der Waals surface area contributed by atoms with Gasteiger partial charge in [-0.15, -0.1) is 0 Å². The number of ether oxygens (including phenoxy) is 1. The molecule has 7 heteroatoms. The van der Waals surface area contributed by atoms with Crippen molar-refractivity contribution in [2.24, 2.45) is 0 Å². The van der Waals surface area contributed by atoms with Crippen LogP contribution in [0.4, 0.5) is 5.82 Å². The highest BCUT2D eigenvalue weighted by Crippen LogP contribution is 2.29. The normalized spacial score (nSPS) is 15.5. The van der Waals surface area contributed by atoms with Crippen molar-refractivity contribution in [2.45, 2.75) is 26.2 Å². The first-order valence-electron chi connectivity index (χ1n) is 7.52. The highest BCUT2D eigenvalue weighted by Gasteiger charge is 2.22. The Kier molecular flexibility index (Phi) is 4.73. The number of morpholine rings is 1. The Labute approximate surface area is 137 Å². The van der Waals surface area contributed by atoms with E-state index in [1.54, 1.807) is 6.07 Å². The van der Waals surface area contributed by atoms with Crippen molar-refractivity contribution < 1.29 is 13.9 Å². The van der Waals surface area contributed by atoms with Crippen molar-refractivity contribution in [1.82, 2.24) is 9.97 Å². The molecule has 1 fully saturated rings. The fraction of sp³-hybridized carbons (Fsp3) is 0.533. The van der Waals surface area contributed by atoms with Crippen LogP contribution in [0.1, 0.15) is 36.7 Å². The molecule has 2 aromatic heterocycles. The standard InChI is InChI=1S/C15H18BrN3O3/c1-2-3-4-11(20)12-9-10-13(22-12)14(18-15(16)17-10)19-5-7-21-8-6-19/h9H,2-8H2,1H3. The summed E-state index contributed by atoms with van der Waals surface area (Å²) in [5.41, 5.74) is 1.23. The van der Waals surface area contributed by atoms with Gasteiger partial charge >= 0.3 is 0 Å². The van der Waals surface area contributed by atoms with Gasteiger partial charge in [0.05, 0.1) is 13.2 Å². The summed E-state index contributed by atoms with van der Waals surface area (Å²) in [4.78, 5) is 23.0. The van der Waals surface area contributed by atoms with Crippen molar-refractivity contribution >= 4 is 38.6 Å². The Morgan fingerprint density at radius 1 is 1.36 bits per heavy atom. The molecule has 0 aliphatic carbocycles. The van der Waals surface area contributed by atoms with Crippen molar-refractivity contribution in [3.05, 3.63) is 16.6 Å². The number of hydrogen-bond acceptors (Lipinski definition) is 6. The van der Waals surface area contributed by atoms with Gasteiger partial charge in [0.15, 0.2) is 27.7 Å². The molecular weight excluding hydrogens is 350 g/mol. The summed E-state index contributed by atoms with van der Waals surface area (Å²) in [6.07, 6.45) is 2.34. The number of halogens is 1. The summed E-state index contributed by atoms with van der Waals surface area (Å²) in [5.74, 6) is 1.10. The first kappa shape index (κ1) is 15.4. The summed E-state index contributed by atoms with van der Waals surface area (Å²) in [5, 5.41) is 0. The molecule has 0 atom stereocenters. The molecular formula is C15H18BrN3O3. The lowest BCUT2D eigenvalue weighted by atomic mass is 10.1.